The van der Waals surface area contributed by atoms with E-state index in [-0.39, 0.29) is 11.3 Å². The zero-order valence-electron chi connectivity index (χ0n) is 12.2. The van der Waals surface area contributed by atoms with Gasteiger partial charge in [0.25, 0.3) is 0 Å². The van der Waals surface area contributed by atoms with Crippen molar-refractivity contribution in [1.82, 2.24) is 0 Å². The summed E-state index contributed by atoms with van der Waals surface area (Å²) in [4.78, 5) is 1.28. The summed E-state index contributed by atoms with van der Waals surface area (Å²) in [5, 5.41) is 0.214. The van der Waals surface area contributed by atoms with Gasteiger partial charge in [-0.15, -0.1) is 11.8 Å². The Bertz CT molecular complexity index is 568. The highest BCUT2D eigenvalue weighted by Crippen LogP contribution is 2.39. The first-order valence-electron chi connectivity index (χ1n) is 6.73. The molecule has 0 fully saturated rings. The van der Waals surface area contributed by atoms with Crippen LogP contribution in [-0.4, -0.2) is 13.2 Å². The molecule has 0 saturated heterocycles. The Morgan fingerprint density at radius 3 is 2.50 bits per heavy atom. The maximum absolute atomic E-state index is 6.20. The molecule has 2 unspecified atom stereocenters. The van der Waals surface area contributed by atoms with Gasteiger partial charge in [-0.05, 0) is 43.2 Å². The third-order valence-electron chi connectivity index (χ3n) is 3.25. The van der Waals surface area contributed by atoms with Crippen LogP contribution in [0.1, 0.15) is 23.3 Å². The minimum atomic E-state index is 0.0618. The van der Waals surface area contributed by atoms with Crippen LogP contribution in [0.5, 0.6) is 5.75 Å². The van der Waals surface area contributed by atoms with Crippen molar-refractivity contribution in [3.63, 3.8) is 0 Å². The standard InChI is InChI=1S/C17H21NOS/c1-12-7-4-5-10-16(12)20-17(13(2)18)14-8-6-9-15(11-14)19-3/h4-11,13,17H,18H2,1-3H3. The first kappa shape index (κ1) is 14.9. The predicted octanol–water partition coefficient (Wildman–Crippen LogP) is 4.18. The molecule has 0 aromatic heterocycles. The number of benzene rings is 2. The zero-order chi connectivity index (χ0) is 14.5. The summed E-state index contributed by atoms with van der Waals surface area (Å²) in [6, 6.07) is 16.6. The van der Waals surface area contributed by atoms with Crippen LogP contribution >= 0.6 is 11.8 Å². The molecule has 2 aromatic rings. The Balaban J connectivity index is 2.29. The van der Waals surface area contributed by atoms with E-state index >= 15 is 0 Å². The second kappa shape index (κ2) is 6.82. The summed E-state index contributed by atoms with van der Waals surface area (Å²) in [6.07, 6.45) is 0. The molecule has 3 heteroatoms. The quantitative estimate of drug-likeness (QED) is 0.838. The highest BCUT2D eigenvalue weighted by atomic mass is 32.2. The highest BCUT2D eigenvalue weighted by Gasteiger charge is 2.19. The Morgan fingerprint density at radius 2 is 1.85 bits per heavy atom. The van der Waals surface area contributed by atoms with E-state index in [0.717, 1.165) is 5.75 Å². The fourth-order valence-corrected chi connectivity index (χ4v) is 3.30. The number of nitrogens with two attached hydrogens (primary N) is 1. The van der Waals surface area contributed by atoms with Gasteiger partial charge in [0.15, 0.2) is 0 Å². The van der Waals surface area contributed by atoms with Gasteiger partial charge in [0, 0.05) is 16.2 Å². The lowest BCUT2D eigenvalue weighted by molar-refractivity contribution is 0.414. The van der Waals surface area contributed by atoms with Crippen molar-refractivity contribution in [3.05, 3.63) is 59.7 Å². The summed E-state index contributed by atoms with van der Waals surface area (Å²) < 4.78 is 5.31. The van der Waals surface area contributed by atoms with Crippen LogP contribution in [0, 0.1) is 6.92 Å². The van der Waals surface area contributed by atoms with E-state index in [1.54, 1.807) is 7.11 Å². The predicted molar refractivity (Wildman–Crippen MR) is 86.4 cm³/mol. The average molecular weight is 287 g/mol. The molecule has 2 atom stereocenters. The lowest BCUT2D eigenvalue weighted by atomic mass is 10.1. The molecule has 2 N–H and O–H groups in total. The number of hydrogen-bond acceptors (Lipinski definition) is 3. The third kappa shape index (κ3) is 3.56. The zero-order valence-corrected chi connectivity index (χ0v) is 13.0. The van der Waals surface area contributed by atoms with Crippen LogP contribution in [0.15, 0.2) is 53.4 Å². The van der Waals surface area contributed by atoms with Gasteiger partial charge in [-0.25, -0.2) is 0 Å². The summed E-state index contributed by atoms with van der Waals surface area (Å²) >= 11 is 1.82. The molecule has 0 radical (unpaired) electrons. The normalized spacial score (nSPS) is 13.8. The Hall–Kier alpha value is -1.45. The van der Waals surface area contributed by atoms with Crippen LogP contribution in [0.25, 0.3) is 0 Å². The lowest BCUT2D eigenvalue weighted by Crippen LogP contribution is -2.22. The third-order valence-corrected chi connectivity index (χ3v) is 4.91. The van der Waals surface area contributed by atoms with Crippen LogP contribution < -0.4 is 10.5 Å². The number of aryl methyl sites for hydroxylation is 1. The van der Waals surface area contributed by atoms with Gasteiger partial charge >= 0.3 is 0 Å². The maximum Gasteiger partial charge on any atom is 0.119 e. The lowest BCUT2D eigenvalue weighted by Gasteiger charge is -2.22. The van der Waals surface area contributed by atoms with Gasteiger partial charge in [0.2, 0.25) is 0 Å². The first-order valence-corrected chi connectivity index (χ1v) is 7.61. The van der Waals surface area contributed by atoms with Crippen molar-refractivity contribution in [2.45, 2.75) is 30.0 Å². The molecule has 20 heavy (non-hydrogen) atoms. The van der Waals surface area contributed by atoms with Gasteiger partial charge in [-0.2, -0.15) is 0 Å². The second-order valence-electron chi connectivity index (χ2n) is 4.94. The fraction of sp³-hybridized carbons (Fsp3) is 0.294. The number of methoxy groups -OCH3 is 1. The van der Waals surface area contributed by atoms with E-state index in [1.165, 1.54) is 16.0 Å². The van der Waals surface area contributed by atoms with Crippen molar-refractivity contribution >= 4 is 11.8 Å². The summed E-state index contributed by atoms with van der Waals surface area (Å²) in [5.41, 5.74) is 8.68. The largest absolute Gasteiger partial charge is 0.497 e. The summed E-state index contributed by atoms with van der Waals surface area (Å²) in [6.45, 7) is 4.18. The summed E-state index contributed by atoms with van der Waals surface area (Å²) in [7, 11) is 1.69. The number of thioether (sulfide) groups is 1. The molecule has 2 aromatic carbocycles. The minimum absolute atomic E-state index is 0.0618. The maximum atomic E-state index is 6.20. The molecule has 0 heterocycles. The molecular formula is C17H21NOS. The smallest absolute Gasteiger partial charge is 0.119 e. The van der Waals surface area contributed by atoms with E-state index in [9.17, 15) is 0 Å². The van der Waals surface area contributed by atoms with E-state index in [0.29, 0.717) is 0 Å². The van der Waals surface area contributed by atoms with Crippen LogP contribution in [0.4, 0.5) is 0 Å². The molecule has 0 bridgehead atoms. The number of hydrogen-bond donors (Lipinski definition) is 1. The van der Waals surface area contributed by atoms with E-state index in [4.69, 9.17) is 10.5 Å². The highest BCUT2D eigenvalue weighted by molar-refractivity contribution is 7.99. The van der Waals surface area contributed by atoms with Gasteiger partial charge in [0.05, 0.1) is 7.11 Å². The van der Waals surface area contributed by atoms with Crippen molar-refractivity contribution in [1.29, 1.82) is 0 Å². The molecule has 2 nitrogen and oxygen atoms in total. The number of ether oxygens (including phenoxy) is 1. The Kier molecular flexibility index (Phi) is 5.10. The van der Waals surface area contributed by atoms with Gasteiger partial charge in [0.1, 0.15) is 5.75 Å². The molecule has 0 aliphatic rings. The SMILES string of the molecule is COc1cccc(C(Sc2ccccc2C)C(C)N)c1. The van der Waals surface area contributed by atoms with Gasteiger partial charge in [-0.1, -0.05) is 30.3 Å². The van der Waals surface area contributed by atoms with Crippen LogP contribution in [0.3, 0.4) is 0 Å². The molecule has 0 saturated carbocycles. The first-order chi connectivity index (χ1) is 9.61. The van der Waals surface area contributed by atoms with Crippen LogP contribution in [0.2, 0.25) is 0 Å². The molecular weight excluding hydrogens is 266 g/mol. The second-order valence-corrected chi connectivity index (χ2v) is 6.12. The molecule has 0 aliphatic carbocycles. The van der Waals surface area contributed by atoms with E-state index < -0.39 is 0 Å². The van der Waals surface area contributed by atoms with Crippen LogP contribution in [-0.2, 0) is 0 Å². The van der Waals surface area contributed by atoms with E-state index in [1.807, 2.05) is 23.9 Å². The fourth-order valence-electron chi connectivity index (χ4n) is 2.12. The Labute approximate surface area is 125 Å². The molecule has 2 rings (SSSR count). The monoisotopic (exact) mass is 287 g/mol. The van der Waals surface area contributed by atoms with Crippen molar-refractivity contribution in [2.24, 2.45) is 5.73 Å². The minimum Gasteiger partial charge on any atom is -0.497 e. The molecule has 0 aliphatic heterocycles. The average Bonchev–Trinajstić information content (AvgIpc) is 2.46. The van der Waals surface area contributed by atoms with Crippen molar-refractivity contribution in [3.8, 4) is 5.75 Å². The molecule has 0 spiro atoms. The molecule has 0 amide bonds. The molecule has 106 valence electrons. The summed E-state index contributed by atoms with van der Waals surface area (Å²) in [5.74, 6) is 0.874. The van der Waals surface area contributed by atoms with E-state index in [2.05, 4.69) is 50.2 Å². The number of rotatable bonds is 5. The van der Waals surface area contributed by atoms with Gasteiger partial charge in [-0.3, -0.25) is 0 Å². The van der Waals surface area contributed by atoms with Gasteiger partial charge < -0.3 is 10.5 Å². The van der Waals surface area contributed by atoms with Crippen molar-refractivity contribution < 1.29 is 4.74 Å². The topological polar surface area (TPSA) is 35.2 Å². The van der Waals surface area contributed by atoms with Crippen molar-refractivity contribution in [2.75, 3.05) is 7.11 Å². The Morgan fingerprint density at radius 1 is 1.10 bits per heavy atom.